The summed E-state index contributed by atoms with van der Waals surface area (Å²) < 4.78 is 41.1. The van der Waals surface area contributed by atoms with Crippen LogP contribution in [0.4, 0.5) is 24.5 Å². The Balaban J connectivity index is 1.72. The van der Waals surface area contributed by atoms with E-state index in [0.717, 1.165) is 18.0 Å². The molecule has 1 unspecified atom stereocenters. The monoisotopic (exact) mass is 491 g/mol. The van der Waals surface area contributed by atoms with Crippen molar-refractivity contribution in [2.45, 2.75) is 51.0 Å². The molecule has 3 N–H and O–H groups in total. The average Bonchev–Trinajstić information content (AvgIpc) is 3.34. The van der Waals surface area contributed by atoms with Crippen molar-refractivity contribution in [2.75, 3.05) is 23.3 Å². The van der Waals surface area contributed by atoms with E-state index < -0.39 is 29.5 Å². The van der Waals surface area contributed by atoms with E-state index in [1.165, 1.54) is 6.07 Å². The first-order chi connectivity index (χ1) is 16.3. The number of hydrogen-bond donors (Lipinski definition) is 3. The van der Waals surface area contributed by atoms with E-state index in [1.807, 2.05) is 16.5 Å². The first-order valence-electron chi connectivity index (χ1n) is 11.3. The number of nitrogens with one attached hydrogen (secondary N) is 1. The third-order valence-electron chi connectivity index (χ3n) is 6.08. The number of imidazole rings is 1. The lowest BCUT2D eigenvalue weighted by Gasteiger charge is -2.22. The molecule has 4 rings (SSSR count). The van der Waals surface area contributed by atoms with Gasteiger partial charge in [-0.05, 0) is 51.0 Å². The molecule has 1 atom stereocenters. The largest absolute Gasteiger partial charge is 0.433 e. The Morgan fingerprint density at radius 3 is 2.60 bits per heavy atom. The zero-order valence-corrected chi connectivity index (χ0v) is 19.7. The van der Waals surface area contributed by atoms with E-state index in [4.69, 9.17) is 4.98 Å². The lowest BCUT2D eigenvalue weighted by atomic mass is 10.0. The zero-order valence-electron chi connectivity index (χ0n) is 19.7. The van der Waals surface area contributed by atoms with Gasteiger partial charge in [-0.1, -0.05) is 6.07 Å². The Hall–Kier alpha value is -3.18. The molecule has 8 nitrogen and oxygen atoms in total. The molecule has 1 amide bonds. The number of β-amino-alcohol motifs (C(OH)–C–C–N with tert-alkyl or cyclic N) is 1. The van der Waals surface area contributed by atoms with Gasteiger partial charge >= 0.3 is 6.18 Å². The Kier molecular flexibility index (Phi) is 6.50. The van der Waals surface area contributed by atoms with Crippen LogP contribution in [0.1, 0.15) is 48.7 Å². The zero-order chi connectivity index (χ0) is 25.5. The Morgan fingerprint density at radius 2 is 1.97 bits per heavy atom. The first-order valence-corrected chi connectivity index (χ1v) is 11.3. The van der Waals surface area contributed by atoms with E-state index in [9.17, 15) is 28.2 Å². The van der Waals surface area contributed by atoms with E-state index in [0.29, 0.717) is 54.8 Å². The number of aliphatic hydroxyl groups excluding tert-OH is 1. The number of carbonyl (C=O) groups is 1. The fourth-order valence-corrected chi connectivity index (χ4v) is 4.15. The molecule has 0 saturated carbocycles. The number of aliphatic hydroxyl groups is 2. The van der Waals surface area contributed by atoms with Gasteiger partial charge in [-0.2, -0.15) is 13.2 Å². The lowest BCUT2D eigenvalue weighted by Crippen LogP contribution is -2.24. The minimum Gasteiger partial charge on any atom is -0.391 e. The number of halogens is 3. The highest BCUT2D eigenvalue weighted by Crippen LogP contribution is 2.34. The molecule has 0 bridgehead atoms. The van der Waals surface area contributed by atoms with Crippen LogP contribution in [-0.4, -0.2) is 55.4 Å². The van der Waals surface area contributed by atoms with E-state index >= 15 is 0 Å². The molecule has 0 aliphatic carbocycles. The molecule has 11 heteroatoms. The Labute approximate surface area is 200 Å². The number of alkyl halides is 3. The molecule has 1 fully saturated rings. The summed E-state index contributed by atoms with van der Waals surface area (Å²) in [6.45, 7) is 4.36. The number of hydrogen-bond acceptors (Lipinski definition) is 6. The van der Waals surface area contributed by atoms with E-state index in [2.05, 4.69) is 10.3 Å². The van der Waals surface area contributed by atoms with Crippen molar-refractivity contribution in [1.29, 1.82) is 0 Å². The molecule has 1 saturated heterocycles. The van der Waals surface area contributed by atoms with Crippen LogP contribution >= 0.6 is 0 Å². The van der Waals surface area contributed by atoms with Gasteiger partial charge < -0.3 is 25.0 Å². The van der Waals surface area contributed by atoms with Crippen molar-refractivity contribution in [3.63, 3.8) is 0 Å². The van der Waals surface area contributed by atoms with Crippen LogP contribution in [0.5, 0.6) is 0 Å². The standard InChI is InChI=1S/C24H28F3N5O3/c1-23(2,35)9-7-21-29-16-12-19(32-10-8-14(33)13-32)17(11-18(16)31(21)3)30-22(34)15-5-4-6-20(28-15)24(25,26)27/h4-6,11-12,14,33,35H,7-10,13H2,1-3H3,(H,30,34). The van der Waals surface area contributed by atoms with Crippen LogP contribution in [0.3, 0.4) is 0 Å². The molecule has 1 aliphatic heterocycles. The van der Waals surface area contributed by atoms with Crippen molar-refractivity contribution in [1.82, 2.24) is 14.5 Å². The number of anilines is 2. The molecule has 0 radical (unpaired) electrons. The second-order valence-corrected chi connectivity index (χ2v) is 9.51. The number of fused-ring (bicyclic) bond motifs is 1. The third kappa shape index (κ3) is 5.57. The number of benzene rings is 1. The number of pyridine rings is 1. The second kappa shape index (κ2) is 9.12. The number of nitrogens with zero attached hydrogens (tertiary/aromatic N) is 4. The summed E-state index contributed by atoms with van der Waals surface area (Å²) in [6, 6.07) is 6.70. The molecule has 3 aromatic rings. The van der Waals surface area contributed by atoms with E-state index in [1.54, 1.807) is 26.0 Å². The fraction of sp³-hybridized carbons (Fsp3) is 0.458. The maximum atomic E-state index is 13.1. The Bertz CT molecular complexity index is 1250. The molecule has 188 valence electrons. The van der Waals surface area contributed by atoms with Gasteiger partial charge in [0.05, 0.1) is 34.1 Å². The molecule has 3 heterocycles. The van der Waals surface area contributed by atoms with Gasteiger partial charge in [0, 0.05) is 26.6 Å². The first kappa shape index (κ1) is 24.9. The van der Waals surface area contributed by atoms with Crippen LogP contribution in [0.2, 0.25) is 0 Å². The van der Waals surface area contributed by atoms with Crippen LogP contribution in [0.25, 0.3) is 11.0 Å². The normalized spacial score (nSPS) is 16.8. The summed E-state index contributed by atoms with van der Waals surface area (Å²) in [7, 11) is 1.83. The van der Waals surface area contributed by atoms with E-state index in [-0.39, 0.29) is 5.69 Å². The summed E-state index contributed by atoms with van der Waals surface area (Å²) in [4.78, 5) is 23.0. The van der Waals surface area contributed by atoms with Crippen LogP contribution in [0.15, 0.2) is 30.3 Å². The highest BCUT2D eigenvalue weighted by molar-refractivity contribution is 6.06. The quantitative estimate of drug-likeness (QED) is 0.488. The van der Waals surface area contributed by atoms with Crippen molar-refractivity contribution in [2.24, 2.45) is 7.05 Å². The number of amides is 1. The topological polar surface area (TPSA) is 104 Å². The highest BCUT2D eigenvalue weighted by atomic mass is 19.4. The van der Waals surface area contributed by atoms with Gasteiger partial charge in [0.1, 0.15) is 17.2 Å². The summed E-state index contributed by atoms with van der Waals surface area (Å²) >= 11 is 0. The van der Waals surface area contributed by atoms with Gasteiger partial charge in [0.2, 0.25) is 0 Å². The minimum atomic E-state index is -4.67. The summed E-state index contributed by atoms with van der Waals surface area (Å²) in [6.07, 6.45) is -3.60. The number of carbonyl (C=O) groups excluding carboxylic acids is 1. The van der Waals surface area contributed by atoms with Crippen molar-refractivity contribution >= 4 is 28.3 Å². The third-order valence-corrected chi connectivity index (χ3v) is 6.08. The fourth-order valence-electron chi connectivity index (χ4n) is 4.15. The van der Waals surface area contributed by atoms with Gasteiger partial charge in [-0.25, -0.2) is 9.97 Å². The SMILES string of the molecule is Cn1c(CCC(C)(C)O)nc2cc(N3CCC(O)C3)c(NC(=O)c3cccc(C(F)(F)F)n3)cc21. The highest BCUT2D eigenvalue weighted by Gasteiger charge is 2.33. The van der Waals surface area contributed by atoms with Gasteiger partial charge in [0.25, 0.3) is 5.91 Å². The van der Waals surface area contributed by atoms with Crippen LogP contribution in [-0.2, 0) is 19.6 Å². The molecular formula is C24H28F3N5O3. The smallest absolute Gasteiger partial charge is 0.391 e. The molecule has 1 aromatic carbocycles. The number of rotatable bonds is 6. The van der Waals surface area contributed by atoms with Crippen LogP contribution in [0, 0.1) is 0 Å². The maximum Gasteiger partial charge on any atom is 0.433 e. The molecule has 0 spiro atoms. The van der Waals surface area contributed by atoms with Gasteiger partial charge in [0.15, 0.2) is 0 Å². The van der Waals surface area contributed by atoms with Crippen LogP contribution < -0.4 is 10.2 Å². The molecule has 1 aliphatic rings. The summed E-state index contributed by atoms with van der Waals surface area (Å²) in [5, 5.41) is 22.8. The summed E-state index contributed by atoms with van der Waals surface area (Å²) in [5.41, 5.74) is 0.0204. The van der Waals surface area contributed by atoms with Gasteiger partial charge in [-0.15, -0.1) is 0 Å². The molecule has 35 heavy (non-hydrogen) atoms. The maximum absolute atomic E-state index is 13.1. The van der Waals surface area contributed by atoms with Crippen molar-refractivity contribution in [3.8, 4) is 0 Å². The average molecular weight is 492 g/mol. The van der Waals surface area contributed by atoms with Crippen molar-refractivity contribution < 1.29 is 28.2 Å². The number of aromatic nitrogens is 3. The minimum absolute atomic E-state index is 0.356. The van der Waals surface area contributed by atoms with Crippen molar-refractivity contribution in [3.05, 3.63) is 47.5 Å². The molecule has 2 aromatic heterocycles. The Morgan fingerprint density at radius 1 is 1.23 bits per heavy atom. The molecular weight excluding hydrogens is 463 g/mol. The predicted molar refractivity (Wildman–Crippen MR) is 125 cm³/mol. The predicted octanol–water partition coefficient (Wildman–Crippen LogP) is 3.51. The summed E-state index contributed by atoms with van der Waals surface area (Å²) in [5.74, 6) is -0.0292. The lowest BCUT2D eigenvalue weighted by molar-refractivity contribution is -0.141. The van der Waals surface area contributed by atoms with Gasteiger partial charge in [-0.3, -0.25) is 4.79 Å². The number of aryl methyl sites for hydroxylation is 2. The second-order valence-electron chi connectivity index (χ2n) is 9.51.